The zero-order valence-corrected chi connectivity index (χ0v) is 18.9. The number of nitrogens with zero attached hydrogens (tertiary/aromatic N) is 1. The quantitative estimate of drug-likeness (QED) is 0.292. The van der Waals surface area contributed by atoms with Crippen LogP contribution in [0.3, 0.4) is 0 Å². The molecule has 0 aliphatic rings. The third-order valence-corrected chi connectivity index (χ3v) is 4.95. The van der Waals surface area contributed by atoms with Crippen molar-refractivity contribution >= 4 is 17.3 Å². The van der Waals surface area contributed by atoms with Gasteiger partial charge in [0.2, 0.25) is 0 Å². The van der Waals surface area contributed by atoms with E-state index >= 15 is 0 Å². The molecule has 0 spiro atoms. The summed E-state index contributed by atoms with van der Waals surface area (Å²) >= 11 is 0. The van der Waals surface area contributed by atoms with Gasteiger partial charge in [0.05, 0.1) is 23.9 Å². The zero-order valence-electron chi connectivity index (χ0n) is 18.9. The second-order valence-corrected chi connectivity index (χ2v) is 7.06. The molecule has 0 fully saturated rings. The van der Waals surface area contributed by atoms with Crippen molar-refractivity contribution in [3.63, 3.8) is 0 Å². The molecule has 1 atom stereocenters. The second-order valence-electron chi connectivity index (χ2n) is 7.06. The van der Waals surface area contributed by atoms with Crippen LogP contribution in [0.1, 0.15) is 40.8 Å². The number of hydrogen-bond acceptors (Lipinski definition) is 6. The number of nitrogens with one attached hydrogen (secondary N) is 3. The summed E-state index contributed by atoms with van der Waals surface area (Å²) in [5.41, 5.74) is 2.85. The van der Waals surface area contributed by atoms with Crippen molar-refractivity contribution in [2.75, 3.05) is 26.5 Å². The Morgan fingerprint density at radius 2 is 1.88 bits per heavy atom. The molecule has 3 N–H and O–H groups in total. The van der Waals surface area contributed by atoms with Gasteiger partial charge in [-0.15, -0.1) is 0 Å². The molecule has 0 heterocycles. The van der Waals surface area contributed by atoms with Crippen molar-refractivity contribution in [1.29, 1.82) is 0 Å². The maximum atomic E-state index is 14.5. The van der Waals surface area contributed by atoms with E-state index in [0.717, 1.165) is 11.6 Å². The van der Waals surface area contributed by atoms with Crippen molar-refractivity contribution in [3.05, 3.63) is 64.0 Å². The van der Waals surface area contributed by atoms with Crippen LogP contribution in [0.5, 0.6) is 0 Å². The van der Waals surface area contributed by atoms with Gasteiger partial charge in [0.15, 0.2) is 5.71 Å². The average molecular weight is 470 g/mol. The maximum Gasteiger partial charge on any atom is 0.418 e. The van der Waals surface area contributed by atoms with E-state index in [-0.39, 0.29) is 23.6 Å². The molecule has 2 rings (SSSR count). The minimum Gasteiger partial charge on any atom is -0.398 e. The van der Waals surface area contributed by atoms with E-state index in [1.165, 1.54) is 28.1 Å². The number of alkyl halides is 3. The highest BCUT2D eigenvalue weighted by atomic mass is 19.4. The normalized spacial score (nSPS) is 12.9. The van der Waals surface area contributed by atoms with E-state index in [1.54, 1.807) is 25.1 Å². The molecule has 1 unspecified atom stereocenters. The summed E-state index contributed by atoms with van der Waals surface area (Å²) < 4.78 is 54.5. The lowest BCUT2D eigenvalue weighted by Crippen LogP contribution is -2.30. The van der Waals surface area contributed by atoms with Crippen LogP contribution < -0.4 is 16.1 Å². The first-order chi connectivity index (χ1) is 15.6. The van der Waals surface area contributed by atoms with Gasteiger partial charge in [-0.25, -0.2) is 4.39 Å². The molecule has 7 nitrogen and oxygen atoms in total. The Hall–Kier alpha value is -3.18. The van der Waals surface area contributed by atoms with Crippen molar-refractivity contribution in [1.82, 2.24) is 10.8 Å². The fourth-order valence-corrected chi connectivity index (χ4v) is 3.36. The molecule has 11 heteroatoms. The molecular formula is C22H26F4N4O3. The molecular weight excluding hydrogens is 444 g/mol. The summed E-state index contributed by atoms with van der Waals surface area (Å²) in [6.45, 7) is 3.19. The Bertz CT molecular complexity index is 1030. The smallest absolute Gasteiger partial charge is 0.398 e. The lowest BCUT2D eigenvalue weighted by Gasteiger charge is -2.22. The molecule has 0 aliphatic heterocycles. The van der Waals surface area contributed by atoms with Gasteiger partial charge in [0, 0.05) is 25.2 Å². The first kappa shape index (κ1) is 26.1. The molecule has 2 aromatic rings. The fraction of sp³-hybridized carbons (Fsp3) is 0.364. The van der Waals surface area contributed by atoms with Crippen molar-refractivity contribution < 1.29 is 32.0 Å². The lowest BCUT2D eigenvalue weighted by atomic mass is 9.98. The molecule has 0 bridgehead atoms. The van der Waals surface area contributed by atoms with E-state index in [0.29, 0.717) is 17.2 Å². The van der Waals surface area contributed by atoms with Crippen LogP contribution >= 0.6 is 0 Å². The average Bonchev–Trinajstić information content (AvgIpc) is 2.76. The Kier molecular flexibility index (Phi) is 8.77. The van der Waals surface area contributed by atoms with Crippen molar-refractivity contribution in [2.24, 2.45) is 5.16 Å². The van der Waals surface area contributed by atoms with E-state index in [1.807, 2.05) is 0 Å². The van der Waals surface area contributed by atoms with Crippen LogP contribution in [0.25, 0.3) is 0 Å². The summed E-state index contributed by atoms with van der Waals surface area (Å²) in [6.07, 6.45) is -4.66. The number of anilines is 1. The van der Waals surface area contributed by atoms with Gasteiger partial charge < -0.3 is 15.5 Å². The number of carbonyl (C=O) groups excluding carboxylic acids is 1. The van der Waals surface area contributed by atoms with E-state index in [9.17, 15) is 22.4 Å². The fourth-order valence-electron chi connectivity index (χ4n) is 3.36. The molecule has 0 saturated carbocycles. The minimum atomic E-state index is -4.66. The van der Waals surface area contributed by atoms with E-state index < -0.39 is 29.5 Å². The number of oxime groups is 1. The van der Waals surface area contributed by atoms with Gasteiger partial charge in [-0.3, -0.25) is 9.63 Å². The summed E-state index contributed by atoms with van der Waals surface area (Å²) in [6, 6.07) is 5.71. The van der Waals surface area contributed by atoms with E-state index in [2.05, 4.69) is 21.3 Å². The van der Waals surface area contributed by atoms with Crippen molar-refractivity contribution in [2.45, 2.75) is 32.7 Å². The van der Waals surface area contributed by atoms with Gasteiger partial charge in [0.25, 0.3) is 5.91 Å². The largest absolute Gasteiger partial charge is 0.418 e. The summed E-state index contributed by atoms with van der Waals surface area (Å²) in [4.78, 5) is 22.5. The zero-order chi connectivity index (χ0) is 24.8. The second kappa shape index (κ2) is 11.1. The number of amides is 1. The molecule has 0 radical (unpaired) electrons. The summed E-state index contributed by atoms with van der Waals surface area (Å²) in [7, 11) is 4.04. The number of aryl methyl sites for hydroxylation is 1. The SMILES string of the molecule is CNC(=O)/C(=N/OC)c1cccc(C)c1CONC(C)c1c(F)ccc(C(F)(F)F)c1NC. The first-order valence-electron chi connectivity index (χ1n) is 9.93. The van der Waals surface area contributed by atoms with Crippen LogP contribution in [0.15, 0.2) is 35.5 Å². The maximum absolute atomic E-state index is 14.5. The van der Waals surface area contributed by atoms with Crippen LogP contribution in [-0.2, 0) is 27.3 Å². The van der Waals surface area contributed by atoms with Crippen LogP contribution in [0, 0.1) is 12.7 Å². The highest BCUT2D eigenvalue weighted by molar-refractivity contribution is 6.45. The van der Waals surface area contributed by atoms with Gasteiger partial charge in [-0.05, 0) is 37.1 Å². The number of rotatable bonds is 9. The number of likely N-dealkylation sites (N-methyl/N-ethyl adjacent to an activating group) is 1. The Balaban J connectivity index is 2.31. The van der Waals surface area contributed by atoms with Gasteiger partial charge in [-0.2, -0.15) is 18.7 Å². The molecule has 0 aromatic heterocycles. The van der Waals surface area contributed by atoms with Crippen molar-refractivity contribution in [3.8, 4) is 0 Å². The third kappa shape index (κ3) is 5.99. The topological polar surface area (TPSA) is 84.0 Å². The Morgan fingerprint density at radius 3 is 2.45 bits per heavy atom. The summed E-state index contributed by atoms with van der Waals surface area (Å²) in [5, 5.41) is 8.71. The van der Waals surface area contributed by atoms with Crippen LogP contribution in [-0.4, -0.2) is 32.8 Å². The molecule has 1 amide bonds. The number of benzene rings is 2. The molecule has 0 saturated heterocycles. The standard InChI is InChI=1S/C22H26F4N4O3/c1-12-7-6-8-14(19(30-32-5)21(31)28-4)15(12)11-33-29-13(2)18-17(23)10-9-16(20(18)27-3)22(24,25)26/h6-10,13,27,29H,11H2,1-5H3,(H,28,31)/b30-19+. The number of halogens is 4. The van der Waals surface area contributed by atoms with E-state index in [4.69, 9.17) is 9.68 Å². The molecule has 180 valence electrons. The highest BCUT2D eigenvalue weighted by Crippen LogP contribution is 2.39. The predicted octanol–water partition coefficient (Wildman–Crippen LogP) is 4.07. The van der Waals surface area contributed by atoms with Gasteiger partial charge >= 0.3 is 6.18 Å². The Morgan fingerprint density at radius 1 is 1.18 bits per heavy atom. The monoisotopic (exact) mass is 470 g/mol. The highest BCUT2D eigenvalue weighted by Gasteiger charge is 2.36. The van der Waals surface area contributed by atoms with Gasteiger partial charge in [0.1, 0.15) is 12.9 Å². The first-order valence-corrected chi connectivity index (χ1v) is 9.93. The predicted molar refractivity (Wildman–Crippen MR) is 116 cm³/mol. The number of carbonyl (C=O) groups is 1. The number of hydroxylamine groups is 1. The van der Waals surface area contributed by atoms with Crippen LogP contribution in [0.2, 0.25) is 0 Å². The third-order valence-electron chi connectivity index (χ3n) is 4.95. The van der Waals surface area contributed by atoms with Gasteiger partial charge in [-0.1, -0.05) is 23.4 Å². The molecule has 2 aromatic carbocycles. The molecule has 0 aliphatic carbocycles. The van der Waals surface area contributed by atoms with Crippen LogP contribution in [0.4, 0.5) is 23.2 Å². The lowest BCUT2D eigenvalue weighted by molar-refractivity contribution is -0.137. The minimum absolute atomic E-state index is 0.0248. The summed E-state index contributed by atoms with van der Waals surface area (Å²) in [5.74, 6) is -1.30. The Labute approximate surface area is 189 Å². The molecule has 33 heavy (non-hydrogen) atoms. The number of hydrogen-bond donors (Lipinski definition) is 3.